The van der Waals surface area contributed by atoms with Crippen molar-refractivity contribution >= 4 is 0 Å². The number of hydrogen-bond donors (Lipinski definition) is 1. The lowest BCUT2D eigenvalue weighted by atomic mass is 10.2. The lowest BCUT2D eigenvalue weighted by Crippen LogP contribution is -2.21. The molecule has 1 aromatic rings. The van der Waals surface area contributed by atoms with Crippen LogP contribution in [0.2, 0.25) is 0 Å². The van der Waals surface area contributed by atoms with Crippen molar-refractivity contribution in [1.82, 2.24) is 10.2 Å². The molecule has 0 saturated heterocycles. The second kappa shape index (κ2) is 6.55. The molecular weight excluding hydrogens is 210 g/mol. The Balaban J connectivity index is 2.29. The molecule has 0 aromatic heterocycles. The van der Waals surface area contributed by atoms with Gasteiger partial charge in [-0.05, 0) is 39.7 Å². The van der Waals surface area contributed by atoms with Gasteiger partial charge in [0.15, 0.2) is 11.6 Å². The Morgan fingerprint density at radius 1 is 1.25 bits per heavy atom. The number of nitrogens with zero attached hydrogens (tertiary/aromatic N) is 1. The number of hydrogen-bond acceptors (Lipinski definition) is 2. The Morgan fingerprint density at radius 2 is 2.00 bits per heavy atom. The van der Waals surface area contributed by atoms with Crippen LogP contribution >= 0.6 is 0 Å². The predicted octanol–water partition coefficient (Wildman–Crippen LogP) is 2.01. The molecule has 2 nitrogen and oxygen atoms in total. The van der Waals surface area contributed by atoms with Crippen LogP contribution in [0.1, 0.15) is 12.0 Å². The van der Waals surface area contributed by atoms with Crippen LogP contribution < -0.4 is 5.32 Å². The Kier molecular flexibility index (Phi) is 5.35. The van der Waals surface area contributed by atoms with Crippen molar-refractivity contribution in [2.75, 3.05) is 27.2 Å². The molecular formula is C12H18F2N2. The minimum Gasteiger partial charge on any atom is -0.313 e. The molecule has 16 heavy (non-hydrogen) atoms. The van der Waals surface area contributed by atoms with Gasteiger partial charge in [-0.3, -0.25) is 0 Å². The zero-order chi connectivity index (χ0) is 12.0. The second-order valence-electron chi connectivity index (χ2n) is 4.05. The highest BCUT2D eigenvalue weighted by Gasteiger charge is 2.06. The fourth-order valence-corrected chi connectivity index (χ4v) is 1.43. The lowest BCUT2D eigenvalue weighted by Gasteiger charge is -2.10. The number of rotatable bonds is 6. The number of benzene rings is 1. The molecule has 1 rings (SSSR count). The summed E-state index contributed by atoms with van der Waals surface area (Å²) >= 11 is 0. The van der Waals surface area contributed by atoms with Crippen LogP contribution in [0.3, 0.4) is 0 Å². The molecule has 0 amide bonds. The van der Waals surface area contributed by atoms with Gasteiger partial charge in [-0.2, -0.15) is 0 Å². The molecule has 0 saturated carbocycles. The van der Waals surface area contributed by atoms with Gasteiger partial charge in [-0.1, -0.05) is 12.1 Å². The molecule has 0 spiro atoms. The summed E-state index contributed by atoms with van der Waals surface area (Å²) in [6, 6.07) is 4.25. The lowest BCUT2D eigenvalue weighted by molar-refractivity contribution is 0.393. The molecule has 0 atom stereocenters. The van der Waals surface area contributed by atoms with Crippen molar-refractivity contribution in [3.8, 4) is 0 Å². The van der Waals surface area contributed by atoms with E-state index in [-0.39, 0.29) is 0 Å². The smallest absolute Gasteiger partial charge is 0.163 e. The minimum absolute atomic E-state index is 0.372. The number of nitrogens with one attached hydrogen (secondary N) is 1. The van der Waals surface area contributed by atoms with Gasteiger partial charge in [-0.15, -0.1) is 0 Å². The van der Waals surface area contributed by atoms with E-state index in [2.05, 4.69) is 10.2 Å². The molecule has 90 valence electrons. The third kappa shape index (κ3) is 4.24. The van der Waals surface area contributed by atoms with Crippen LogP contribution in [0.5, 0.6) is 0 Å². The molecule has 0 unspecified atom stereocenters. The average molecular weight is 228 g/mol. The fourth-order valence-electron chi connectivity index (χ4n) is 1.43. The van der Waals surface area contributed by atoms with Gasteiger partial charge in [0.1, 0.15) is 0 Å². The van der Waals surface area contributed by atoms with Crippen LogP contribution in [-0.2, 0) is 6.54 Å². The van der Waals surface area contributed by atoms with E-state index in [1.54, 1.807) is 6.07 Å². The van der Waals surface area contributed by atoms with E-state index in [0.29, 0.717) is 12.1 Å². The molecule has 0 bridgehead atoms. The van der Waals surface area contributed by atoms with Gasteiger partial charge in [0.25, 0.3) is 0 Å². The highest BCUT2D eigenvalue weighted by molar-refractivity contribution is 5.18. The largest absolute Gasteiger partial charge is 0.313 e. The summed E-state index contributed by atoms with van der Waals surface area (Å²) in [5.74, 6) is -1.53. The Hall–Kier alpha value is -1.00. The van der Waals surface area contributed by atoms with E-state index in [9.17, 15) is 8.78 Å². The molecule has 0 fully saturated rings. The van der Waals surface area contributed by atoms with Gasteiger partial charge < -0.3 is 10.2 Å². The summed E-state index contributed by atoms with van der Waals surface area (Å²) in [5, 5.41) is 3.09. The predicted molar refractivity (Wildman–Crippen MR) is 61.2 cm³/mol. The summed E-state index contributed by atoms with van der Waals surface area (Å²) < 4.78 is 26.1. The van der Waals surface area contributed by atoms with Crippen LogP contribution in [0.15, 0.2) is 18.2 Å². The van der Waals surface area contributed by atoms with Crippen molar-refractivity contribution < 1.29 is 8.78 Å². The van der Waals surface area contributed by atoms with Crippen molar-refractivity contribution in [2.45, 2.75) is 13.0 Å². The highest BCUT2D eigenvalue weighted by Crippen LogP contribution is 2.10. The van der Waals surface area contributed by atoms with E-state index in [4.69, 9.17) is 0 Å². The normalized spacial score (nSPS) is 11.1. The molecule has 1 aromatic carbocycles. The van der Waals surface area contributed by atoms with Crippen molar-refractivity contribution in [1.29, 1.82) is 0 Å². The molecule has 0 aliphatic heterocycles. The maximum atomic E-state index is 13.2. The molecule has 0 aliphatic rings. The molecule has 1 N–H and O–H groups in total. The van der Waals surface area contributed by atoms with E-state index in [1.165, 1.54) is 6.07 Å². The summed E-state index contributed by atoms with van der Waals surface area (Å²) in [7, 11) is 4.01. The first-order valence-corrected chi connectivity index (χ1v) is 5.39. The zero-order valence-corrected chi connectivity index (χ0v) is 9.76. The van der Waals surface area contributed by atoms with E-state index < -0.39 is 11.6 Å². The maximum absolute atomic E-state index is 13.2. The topological polar surface area (TPSA) is 15.3 Å². The van der Waals surface area contributed by atoms with E-state index >= 15 is 0 Å². The summed E-state index contributed by atoms with van der Waals surface area (Å²) in [5.41, 5.74) is 0.379. The van der Waals surface area contributed by atoms with Crippen LogP contribution in [-0.4, -0.2) is 32.1 Å². The van der Waals surface area contributed by atoms with Crippen LogP contribution in [0, 0.1) is 11.6 Å². The third-order valence-electron chi connectivity index (χ3n) is 2.31. The Labute approximate surface area is 95.3 Å². The van der Waals surface area contributed by atoms with Gasteiger partial charge in [0.2, 0.25) is 0 Å². The first-order chi connectivity index (χ1) is 7.61. The van der Waals surface area contributed by atoms with Gasteiger partial charge in [-0.25, -0.2) is 8.78 Å². The second-order valence-corrected chi connectivity index (χ2v) is 4.05. The van der Waals surface area contributed by atoms with Crippen molar-refractivity contribution in [3.05, 3.63) is 35.4 Å². The van der Waals surface area contributed by atoms with Crippen LogP contribution in [0.4, 0.5) is 8.78 Å². The van der Waals surface area contributed by atoms with E-state index in [0.717, 1.165) is 25.6 Å². The van der Waals surface area contributed by atoms with Gasteiger partial charge >= 0.3 is 0 Å². The van der Waals surface area contributed by atoms with Gasteiger partial charge in [0, 0.05) is 12.1 Å². The van der Waals surface area contributed by atoms with Gasteiger partial charge in [0.05, 0.1) is 0 Å². The summed E-state index contributed by atoms with van der Waals surface area (Å²) in [6.45, 7) is 2.16. The minimum atomic E-state index is -0.785. The van der Waals surface area contributed by atoms with Crippen molar-refractivity contribution in [2.24, 2.45) is 0 Å². The first kappa shape index (κ1) is 13.1. The summed E-state index contributed by atoms with van der Waals surface area (Å²) in [6.07, 6.45) is 0.990. The maximum Gasteiger partial charge on any atom is 0.163 e. The highest BCUT2D eigenvalue weighted by atomic mass is 19.2. The molecule has 0 radical (unpaired) electrons. The molecule has 0 heterocycles. The van der Waals surface area contributed by atoms with E-state index in [1.807, 2.05) is 14.1 Å². The molecule has 4 heteroatoms. The van der Waals surface area contributed by atoms with Crippen LogP contribution in [0.25, 0.3) is 0 Å². The zero-order valence-electron chi connectivity index (χ0n) is 9.76. The monoisotopic (exact) mass is 228 g/mol. The SMILES string of the molecule is CN(C)CCCNCc1cccc(F)c1F. The third-order valence-corrected chi connectivity index (χ3v) is 2.31. The standard InChI is InChI=1S/C12H18F2N2/c1-16(2)8-4-7-15-9-10-5-3-6-11(13)12(10)14/h3,5-6,15H,4,7-9H2,1-2H3. The van der Waals surface area contributed by atoms with Crippen molar-refractivity contribution in [3.63, 3.8) is 0 Å². The Morgan fingerprint density at radius 3 is 2.69 bits per heavy atom. The molecule has 0 aliphatic carbocycles. The quantitative estimate of drug-likeness (QED) is 0.749. The fraction of sp³-hybridized carbons (Fsp3) is 0.500. The average Bonchev–Trinajstić information content (AvgIpc) is 2.23. The Bertz CT molecular complexity index is 327. The first-order valence-electron chi connectivity index (χ1n) is 5.39. The number of halogens is 2. The summed E-state index contributed by atoms with van der Waals surface area (Å²) in [4.78, 5) is 2.09.